The van der Waals surface area contributed by atoms with Gasteiger partial charge in [-0.3, -0.25) is 9.99 Å². The minimum absolute atomic E-state index is 0.0513. The summed E-state index contributed by atoms with van der Waals surface area (Å²) >= 11 is 6.83. The van der Waals surface area contributed by atoms with E-state index in [0.29, 0.717) is 38.9 Å². The zero-order valence-electron chi connectivity index (χ0n) is 23.1. The number of hydrogen-bond donors (Lipinski definition) is 4. The fraction of sp³-hybridized carbons (Fsp3) is 0.242. The number of hydrazine groups is 2. The average Bonchev–Trinajstić information content (AvgIpc) is 3.97. The van der Waals surface area contributed by atoms with Gasteiger partial charge in [0.2, 0.25) is 0 Å². The van der Waals surface area contributed by atoms with Gasteiger partial charge in [-0.2, -0.15) is 10.5 Å². The molecule has 0 amide bonds. The summed E-state index contributed by atoms with van der Waals surface area (Å²) in [6.07, 6.45) is 6.60. The van der Waals surface area contributed by atoms with E-state index in [2.05, 4.69) is 43.7 Å². The first-order chi connectivity index (χ1) is 21.0. The molecule has 4 N–H and O–H groups in total. The molecule has 4 atom stereocenters. The normalized spacial score (nSPS) is 20.4. The van der Waals surface area contributed by atoms with E-state index < -0.39 is 0 Å². The van der Waals surface area contributed by atoms with Gasteiger partial charge in [0.15, 0.2) is 0 Å². The van der Waals surface area contributed by atoms with Crippen molar-refractivity contribution in [3.8, 4) is 12.1 Å². The molecule has 0 saturated heterocycles. The Hall–Kier alpha value is -4.83. The Balaban J connectivity index is 1.29. The summed E-state index contributed by atoms with van der Waals surface area (Å²) in [4.78, 5) is 4.53. The first-order valence-electron chi connectivity index (χ1n) is 14.3. The second-order valence-electron chi connectivity index (χ2n) is 11.3. The van der Waals surface area contributed by atoms with Gasteiger partial charge in [0.25, 0.3) is 0 Å². The van der Waals surface area contributed by atoms with E-state index in [1.165, 1.54) is 18.3 Å². The molecule has 43 heavy (non-hydrogen) atoms. The van der Waals surface area contributed by atoms with Gasteiger partial charge < -0.3 is 16.1 Å². The number of rotatable bonds is 9. The number of nitrogens with zero attached hydrogens (tertiary/aromatic N) is 4. The van der Waals surface area contributed by atoms with Crippen LogP contribution >= 0.6 is 11.6 Å². The predicted octanol–water partition coefficient (Wildman–Crippen LogP) is 6.69. The number of pyridine rings is 1. The number of fused-ring (bicyclic) bond motifs is 1. The van der Waals surface area contributed by atoms with Crippen molar-refractivity contribution in [2.24, 2.45) is 11.8 Å². The van der Waals surface area contributed by atoms with Gasteiger partial charge in [0.05, 0.1) is 51.6 Å². The monoisotopic (exact) mass is 590 g/mol. The van der Waals surface area contributed by atoms with Crippen molar-refractivity contribution in [1.82, 2.24) is 21.0 Å². The third kappa shape index (κ3) is 5.41. The Labute approximate surface area is 253 Å². The quantitative estimate of drug-likeness (QED) is 0.170. The Kier molecular flexibility index (Phi) is 6.98. The van der Waals surface area contributed by atoms with Crippen molar-refractivity contribution < 1.29 is 4.39 Å². The molecule has 2 heterocycles. The molecule has 0 radical (unpaired) electrons. The molecule has 7 rings (SSSR count). The van der Waals surface area contributed by atoms with Gasteiger partial charge in [-0.1, -0.05) is 54.1 Å². The van der Waals surface area contributed by atoms with Crippen LogP contribution < -0.4 is 21.6 Å². The maximum atomic E-state index is 13.9. The maximum absolute atomic E-state index is 13.9. The molecule has 2 aliphatic carbocycles. The van der Waals surface area contributed by atoms with Crippen molar-refractivity contribution in [3.63, 3.8) is 0 Å². The third-order valence-corrected chi connectivity index (χ3v) is 8.60. The number of aromatic nitrogens is 1. The fourth-order valence-corrected chi connectivity index (χ4v) is 6.04. The highest BCUT2D eigenvalue weighted by molar-refractivity contribution is 6.35. The number of halogens is 2. The zero-order valence-corrected chi connectivity index (χ0v) is 23.8. The Morgan fingerprint density at radius 2 is 1.81 bits per heavy atom. The van der Waals surface area contributed by atoms with E-state index >= 15 is 0 Å². The van der Waals surface area contributed by atoms with Gasteiger partial charge in [0.1, 0.15) is 11.9 Å². The van der Waals surface area contributed by atoms with Crippen LogP contribution in [0.1, 0.15) is 48.0 Å². The van der Waals surface area contributed by atoms with Crippen molar-refractivity contribution in [2.75, 3.05) is 10.6 Å². The lowest BCUT2D eigenvalue weighted by molar-refractivity contribution is 0.260. The molecule has 1 aromatic heterocycles. The maximum Gasteiger partial charge on any atom is 0.123 e. The molecule has 8 nitrogen and oxygen atoms in total. The lowest BCUT2D eigenvalue weighted by Gasteiger charge is -2.24. The molecular formula is C33H28ClFN8. The SMILES string of the molecule is N#Cc1cnc2c(Cl)cc(NC(C3=CN(C4CC4)NN3)c3ccc(F)cc3)cc2c1NC(c1ccccc1)[C@@H]1C[C@H]1C#N. The summed E-state index contributed by atoms with van der Waals surface area (Å²) in [5.74, 6) is -0.246. The van der Waals surface area contributed by atoms with E-state index in [4.69, 9.17) is 11.6 Å². The van der Waals surface area contributed by atoms with Gasteiger partial charge >= 0.3 is 0 Å². The summed E-state index contributed by atoms with van der Waals surface area (Å²) in [5, 5.41) is 30.1. The average molecular weight is 591 g/mol. The molecule has 1 aliphatic heterocycles. The molecule has 3 aromatic carbocycles. The molecule has 2 unspecified atom stereocenters. The van der Waals surface area contributed by atoms with Crippen LogP contribution in [0, 0.1) is 40.3 Å². The van der Waals surface area contributed by atoms with Crippen molar-refractivity contribution in [2.45, 2.75) is 37.4 Å². The lowest BCUT2D eigenvalue weighted by atomic mass is 9.99. The Bertz CT molecular complexity index is 1790. The fourth-order valence-electron chi connectivity index (χ4n) is 5.77. The number of benzene rings is 3. The van der Waals surface area contributed by atoms with Crippen molar-refractivity contribution in [3.05, 3.63) is 112 Å². The molecule has 4 aromatic rings. The van der Waals surface area contributed by atoms with Crippen molar-refractivity contribution in [1.29, 1.82) is 10.5 Å². The molecule has 0 spiro atoms. The minimum atomic E-state index is -0.353. The summed E-state index contributed by atoms with van der Waals surface area (Å²) < 4.78 is 13.9. The standard InChI is InChI=1S/C33H28ClFN8/c34-28-14-24(39-32(20-6-8-23(35)9-7-20)29-18-43(42-41-29)25-10-11-25)13-27-31(22(16-37)17-38-33(27)28)40-30(26-12-21(26)15-36)19-4-2-1-3-5-19/h1-9,13-14,17-18,21,25-26,30,32,39,41-42H,10-12H2,(H,38,40)/t21-,26+,30?,32?/m0/s1. The summed E-state index contributed by atoms with van der Waals surface area (Å²) in [6, 6.07) is 24.7. The van der Waals surface area contributed by atoms with Gasteiger partial charge in [-0.25, -0.2) is 4.39 Å². The summed E-state index contributed by atoms with van der Waals surface area (Å²) in [7, 11) is 0. The van der Waals surface area contributed by atoms with Crippen LogP contribution in [0.15, 0.2) is 84.8 Å². The number of hydrogen-bond acceptors (Lipinski definition) is 8. The molecule has 0 bridgehead atoms. The third-order valence-electron chi connectivity index (χ3n) is 8.31. The topological polar surface area (TPSA) is 112 Å². The zero-order chi connectivity index (χ0) is 29.5. The smallest absolute Gasteiger partial charge is 0.123 e. The van der Waals surface area contributed by atoms with Gasteiger partial charge in [-0.05, 0) is 54.7 Å². The first kappa shape index (κ1) is 27.0. The molecule has 2 saturated carbocycles. The summed E-state index contributed by atoms with van der Waals surface area (Å²) in [6.45, 7) is 0. The second kappa shape index (κ2) is 11.1. The number of nitriles is 2. The highest BCUT2D eigenvalue weighted by Crippen LogP contribution is 2.49. The van der Waals surface area contributed by atoms with E-state index in [1.54, 1.807) is 12.1 Å². The molecular weight excluding hydrogens is 563 g/mol. The first-order valence-corrected chi connectivity index (χ1v) is 14.7. The lowest BCUT2D eigenvalue weighted by Crippen LogP contribution is -2.38. The van der Waals surface area contributed by atoms with Gasteiger partial charge in [0, 0.05) is 35.4 Å². The largest absolute Gasteiger partial charge is 0.376 e. The predicted molar refractivity (Wildman–Crippen MR) is 163 cm³/mol. The van der Waals surface area contributed by atoms with Crippen LogP contribution in [-0.2, 0) is 0 Å². The highest BCUT2D eigenvalue weighted by atomic mass is 35.5. The molecule has 2 fully saturated rings. The van der Waals surface area contributed by atoms with E-state index in [9.17, 15) is 14.9 Å². The van der Waals surface area contributed by atoms with Crippen LogP contribution in [0.3, 0.4) is 0 Å². The van der Waals surface area contributed by atoms with Gasteiger partial charge in [-0.15, -0.1) is 5.53 Å². The Morgan fingerprint density at radius 1 is 1.02 bits per heavy atom. The number of nitrogens with one attached hydrogen (secondary N) is 4. The van der Waals surface area contributed by atoms with E-state index in [1.807, 2.05) is 48.7 Å². The van der Waals surface area contributed by atoms with E-state index in [-0.39, 0.29) is 29.7 Å². The Morgan fingerprint density at radius 3 is 2.51 bits per heavy atom. The van der Waals surface area contributed by atoms with Crippen LogP contribution in [0.4, 0.5) is 15.8 Å². The molecule has 3 aliphatic rings. The van der Waals surface area contributed by atoms with Crippen LogP contribution in [0.25, 0.3) is 10.9 Å². The van der Waals surface area contributed by atoms with Crippen LogP contribution in [-0.4, -0.2) is 16.0 Å². The van der Waals surface area contributed by atoms with Crippen LogP contribution in [0.5, 0.6) is 0 Å². The second-order valence-corrected chi connectivity index (χ2v) is 11.7. The number of anilines is 2. The van der Waals surface area contributed by atoms with E-state index in [0.717, 1.165) is 36.1 Å². The minimum Gasteiger partial charge on any atom is -0.376 e. The summed E-state index contributed by atoms with van der Waals surface area (Å²) in [5.41, 5.74) is 11.5. The highest BCUT2D eigenvalue weighted by Gasteiger charge is 2.44. The van der Waals surface area contributed by atoms with Crippen molar-refractivity contribution >= 4 is 33.9 Å². The molecule has 10 heteroatoms. The molecule has 214 valence electrons. The van der Waals surface area contributed by atoms with Crippen LogP contribution in [0.2, 0.25) is 5.02 Å².